The Morgan fingerprint density at radius 3 is 2.20 bits per heavy atom. The highest BCUT2D eigenvalue weighted by atomic mass is 127. The van der Waals surface area contributed by atoms with Gasteiger partial charge in [-0.2, -0.15) is 0 Å². The van der Waals surface area contributed by atoms with Gasteiger partial charge in [0.15, 0.2) is 0 Å². The molecule has 0 aliphatic carbocycles. The Morgan fingerprint density at radius 2 is 2.20 bits per heavy atom. The average Bonchev–Trinajstić information content (AvgIpc) is 1.38. The first-order valence-corrected chi connectivity index (χ1v) is 2.69. The molecule has 0 aromatic rings. The fraction of sp³-hybridized carbons (Fsp3) is 0.333. The van der Waals surface area contributed by atoms with E-state index in [0.29, 0.717) is 4.43 Å². The van der Waals surface area contributed by atoms with Crippen LogP contribution in [-0.2, 0) is 0 Å². The van der Waals surface area contributed by atoms with Crippen molar-refractivity contribution in [1.82, 2.24) is 0 Å². The van der Waals surface area contributed by atoms with Crippen molar-refractivity contribution in [3.63, 3.8) is 0 Å². The molecule has 0 aromatic carbocycles. The molecule has 0 rings (SSSR count). The topological polar surface area (TPSA) is 0 Å². The molecule has 0 unspecified atom stereocenters. The Labute approximate surface area is 44.2 Å². The van der Waals surface area contributed by atoms with Crippen LogP contribution in [0.2, 0.25) is 0 Å². The van der Waals surface area contributed by atoms with Crippen LogP contribution in [0.1, 0.15) is 0 Å². The minimum absolute atomic E-state index is 0.259. The maximum atomic E-state index is 11.2. The van der Waals surface area contributed by atoms with Crippen molar-refractivity contribution < 1.29 is 4.39 Å². The van der Waals surface area contributed by atoms with E-state index in [0.717, 1.165) is 0 Å². The van der Waals surface area contributed by atoms with Crippen LogP contribution in [0.5, 0.6) is 0 Å². The molecule has 30 valence electrons. The maximum absolute atomic E-state index is 11.2. The molecule has 0 amide bonds. The van der Waals surface area contributed by atoms with Crippen molar-refractivity contribution >= 4 is 22.6 Å². The van der Waals surface area contributed by atoms with Crippen molar-refractivity contribution in [3.05, 3.63) is 12.4 Å². The summed E-state index contributed by atoms with van der Waals surface area (Å²) < 4.78 is 11.6. The predicted molar refractivity (Wildman–Crippen MR) is 29.1 cm³/mol. The molecule has 0 aliphatic rings. The van der Waals surface area contributed by atoms with Gasteiger partial charge in [0, 0.05) is 0 Å². The van der Waals surface area contributed by atoms with E-state index in [1.165, 1.54) is 0 Å². The zero-order valence-corrected chi connectivity index (χ0v) is 4.83. The van der Waals surface area contributed by atoms with Gasteiger partial charge in [0.2, 0.25) is 0 Å². The highest BCUT2D eigenvalue weighted by molar-refractivity contribution is 14.1. The quantitative estimate of drug-likeness (QED) is 0.433. The zero-order chi connectivity index (χ0) is 4.28. The van der Waals surface area contributed by atoms with Crippen molar-refractivity contribution in [2.45, 2.75) is 0 Å². The van der Waals surface area contributed by atoms with Crippen LogP contribution in [-0.4, -0.2) is 4.43 Å². The van der Waals surface area contributed by atoms with Gasteiger partial charge in [-0.1, -0.05) is 29.2 Å². The van der Waals surface area contributed by atoms with E-state index in [9.17, 15) is 4.39 Å². The molecule has 5 heavy (non-hydrogen) atoms. The molecule has 0 saturated heterocycles. The second kappa shape index (κ2) is 2.63. The molecule has 0 atom stereocenters. The van der Waals surface area contributed by atoms with Crippen LogP contribution < -0.4 is 0 Å². The molecule has 0 saturated carbocycles. The lowest BCUT2D eigenvalue weighted by atomic mass is 10.7. The fourth-order valence-corrected chi connectivity index (χ4v) is 0. The van der Waals surface area contributed by atoms with Gasteiger partial charge in [-0.05, 0) is 0 Å². The highest BCUT2D eigenvalue weighted by Crippen LogP contribution is 1.94. The van der Waals surface area contributed by atoms with Gasteiger partial charge in [0.25, 0.3) is 0 Å². The fourth-order valence-electron chi connectivity index (χ4n) is 0. The molecule has 0 bridgehead atoms. The number of rotatable bonds is 1. The van der Waals surface area contributed by atoms with Crippen molar-refractivity contribution in [1.29, 1.82) is 0 Å². The Morgan fingerprint density at radius 1 is 2.00 bits per heavy atom. The van der Waals surface area contributed by atoms with Crippen LogP contribution in [0.4, 0.5) is 4.39 Å². The Balaban J connectivity index is 2.85. The average molecular weight is 186 g/mol. The smallest absolute Gasteiger partial charge is 0.102 e. The molecule has 0 aromatic heterocycles. The summed E-state index contributed by atoms with van der Waals surface area (Å²) in [5.74, 6) is -0.259. The minimum Gasteiger partial charge on any atom is -0.212 e. The van der Waals surface area contributed by atoms with Crippen LogP contribution in [0.25, 0.3) is 0 Å². The van der Waals surface area contributed by atoms with Gasteiger partial charge in [0.05, 0.1) is 4.43 Å². The summed E-state index contributed by atoms with van der Waals surface area (Å²) in [6.07, 6.45) is 0. The molecule has 2 heteroatoms. The third kappa shape index (κ3) is 4.40. The SMILES string of the molecule is C=C(F)CI. The summed E-state index contributed by atoms with van der Waals surface area (Å²) in [6.45, 7) is 3.00. The Bertz CT molecular complexity index is 42.2. The van der Waals surface area contributed by atoms with Crippen molar-refractivity contribution in [2.75, 3.05) is 4.43 Å². The van der Waals surface area contributed by atoms with Crippen LogP contribution in [0.15, 0.2) is 12.4 Å². The maximum Gasteiger partial charge on any atom is 0.102 e. The second-order valence-corrected chi connectivity index (χ2v) is 1.41. The summed E-state index contributed by atoms with van der Waals surface area (Å²) in [5.41, 5.74) is 0. The molecule has 0 nitrogen and oxygen atoms in total. The normalized spacial score (nSPS) is 7.60. The third-order valence-electron chi connectivity index (χ3n) is 0.145. The molecule has 0 spiro atoms. The largest absolute Gasteiger partial charge is 0.212 e. The lowest BCUT2D eigenvalue weighted by Gasteiger charge is -1.72. The Kier molecular flexibility index (Phi) is 2.84. The van der Waals surface area contributed by atoms with Gasteiger partial charge in [0.1, 0.15) is 5.83 Å². The number of halogens is 2. The van der Waals surface area contributed by atoms with E-state index in [1.807, 2.05) is 22.6 Å². The second-order valence-electron chi connectivity index (χ2n) is 0.651. The van der Waals surface area contributed by atoms with Crippen molar-refractivity contribution in [2.24, 2.45) is 0 Å². The highest BCUT2D eigenvalue weighted by Gasteiger charge is 1.75. The molecule has 0 radical (unpaired) electrons. The zero-order valence-electron chi connectivity index (χ0n) is 2.67. The van der Waals surface area contributed by atoms with Gasteiger partial charge < -0.3 is 0 Å². The number of allylic oxidation sites excluding steroid dienone is 1. The monoisotopic (exact) mass is 186 g/mol. The van der Waals surface area contributed by atoms with Crippen molar-refractivity contribution in [3.8, 4) is 0 Å². The van der Waals surface area contributed by atoms with E-state index in [4.69, 9.17) is 0 Å². The van der Waals surface area contributed by atoms with Crippen LogP contribution in [0.3, 0.4) is 0 Å². The first-order chi connectivity index (χ1) is 2.27. The summed E-state index contributed by atoms with van der Waals surface area (Å²) in [7, 11) is 0. The molecule has 0 aliphatic heterocycles. The number of hydrogen-bond acceptors (Lipinski definition) is 0. The van der Waals surface area contributed by atoms with Crippen LogP contribution >= 0.6 is 22.6 Å². The first kappa shape index (κ1) is 5.40. The van der Waals surface area contributed by atoms with Gasteiger partial charge in [-0.25, -0.2) is 4.39 Å². The van der Waals surface area contributed by atoms with Crippen LogP contribution in [0, 0.1) is 0 Å². The Hall–Kier alpha value is 0.400. The lowest BCUT2D eigenvalue weighted by molar-refractivity contribution is 0.653. The van der Waals surface area contributed by atoms with E-state index in [2.05, 4.69) is 6.58 Å². The molecule has 0 fully saturated rings. The van der Waals surface area contributed by atoms with Gasteiger partial charge in [-0.15, -0.1) is 0 Å². The summed E-state index contributed by atoms with van der Waals surface area (Å²) >= 11 is 1.90. The minimum atomic E-state index is -0.259. The lowest BCUT2D eigenvalue weighted by Crippen LogP contribution is -1.61. The summed E-state index contributed by atoms with van der Waals surface area (Å²) in [4.78, 5) is 0. The van der Waals surface area contributed by atoms with E-state index < -0.39 is 0 Å². The van der Waals surface area contributed by atoms with E-state index in [1.54, 1.807) is 0 Å². The standard InChI is InChI=1S/C3H4FI/c1-3(4)2-5/h1-2H2. The third-order valence-corrected chi connectivity index (χ3v) is 0.973. The van der Waals surface area contributed by atoms with E-state index in [-0.39, 0.29) is 5.83 Å². The van der Waals surface area contributed by atoms with Gasteiger partial charge in [-0.3, -0.25) is 0 Å². The first-order valence-electron chi connectivity index (χ1n) is 1.16. The summed E-state index contributed by atoms with van der Waals surface area (Å²) in [6, 6.07) is 0. The van der Waals surface area contributed by atoms with E-state index >= 15 is 0 Å². The molecular formula is C3H4FI. The number of alkyl halides is 1. The van der Waals surface area contributed by atoms with Gasteiger partial charge >= 0.3 is 0 Å². The number of hydrogen-bond donors (Lipinski definition) is 0. The molecule has 0 N–H and O–H groups in total. The predicted octanol–water partition coefficient (Wildman–Crippen LogP) is 1.90. The summed E-state index contributed by atoms with van der Waals surface area (Å²) in [5, 5.41) is 0. The molecular weight excluding hydrogens is 182 g/mol. The molecule has 0 heterocycles.